The summed E-state index contributed by atoms with van der Waals surface area (Å²) in [5.41, 5.74) is 20.3. The number of carboxylic acid groups (broad SMARTS) is 1. The average molecular weight is 1210 g/mol. The summed E-state index contributed by atoms with van der Waals surface area (Å²) in [6, 6.07) is -1.70. The Morgan fingerprint density at radius 1 is 0.824 bits per heavy atom. The zero-order valence-electron chi connectivity index (χ0n) is 47.0. The number of primary amides is 1. The van der Waals surface area contributed by atoms with Crippen LogP contribution in [-0.4, -0.2) is 148 Å². The number of hydrogen-bond donors (Lipinski definition) is 11. The third kappa shape index (κ3) is 21.6. The smallest absolute Gasteiger partial charge is 0.490 e. The van der Waals surface area contributed by atoms with Crippen molar-refractivity contribution in [3.05, 3.63) is 84.2 Å². The molecule has 1 fully saturated rings. The summed E-state index contributed by atoms with van der Waals surface area (Å²) >= 11 is 0. The number of nitro groups is 2. The molecule has 15 N–H and O–H groups in total. The van der Waals surface area contributed by atoms with E-state index >= 15 is 0 Å². The fourth-order valence-electron chi connectivity index (χ4n) is 8.59. The molecule has 1 aliphatic rings. The minimum absolute atomic E-state index is 0.00829. The Morgan fingerprint density at radius 2 is 1.45 bits per heavy atom. The molecule has 3 aromatic rings. The fraction of sp³-hybridized carbons (Fsp3) is 0.510. The molecule has 31 nitrogen and oxygen atoms in total. The number of aliphatic imine (C=N–C) groups is 1. The largest absolute Gasteiger partial charge is 0.497 e. The number of amides is 8. The van der Waals surface area contributed by atoms with Crippen LogP contribution in [0.25, 0.3) is 11.0 Å². The second kappa shape index (κ2) is 31.8. The molecule has 0 radical (unpaired) electrons. The molecule has 1 aliphatic heterocycles. The summed E-state index contributed by atoms with van der Waals surface area (Å²) in [4.78, 5) is 157. The number of hydrogen-bond acceptors (Lipinski definition) is 18. The Labute approximate surface area is 482 Å². The summed E-state index contributed by atoms with van der Waals surface area (Å²) in [5, 5.41) is 46.5. The number of rotatable bonds is 28. The Hall–Kier alpha value is -9.50. The van der Waals surface area contributed by atoms with Gasteiger partial charge in [-0.3, -0.25) is 63.6 Å². The zero-order chi connectivity index (χ0) is 64.2. The molecule has 34 heteroatoms. The Kier molecular flexibility index (Phi) is 26.1. The van der Waals surface area contributed by atoms with Gasteiger partial charge in [-0.1, -0.05) is 27.7 Å². The molecule has 1 unspecified atom stereocenters. The lowest BCUT2D eigenvalue weighted by molar-refractivity contribution is -0.394. The lowest BCUT2D eigenvalue weighted by Gasteiger charge is -2.29. The van der Waals surface area contributed by atoms with Crippen molar-refractivity contribution in [2.75, 3.05) is 26.7 Å². The Bertz CT molecular complexity index is 3060. The number of carbonyl (C=O) groups is 9. The van der Waals surface area contributed by atoms with Gasteiger partial charge in [-0.25, -0.2) is 9.59 Å². The number of guanidine groups is 1. The molecule has 8 amide bonds. The van der Waals surface area contributed by atoms with Crippen LogP contribution in [0.1, 0.15) is 90.3 Å². The number of non-ortho nitro benzene ring substituents is 1. The van der Waals surface area contributed by atoms with Crippen LogP contribution in [0.2, 0.25) is 0 Å². The quantitative estimate of drug-likeness (QED) is 0.0111. The van der Waals surface area contributed by atoms with Gasteiger partial charge in [0.2, 0.25) is 47.3 Å². The number of halogens is 3. The van der Waals surface area contributed by atoms with Crippen molar-refractivity contribution in [3.63, 3.8) is 0 Å². The first-order chi connectivity index (χ1) is 39.6. The third-order valence-corrected chi connectivity index (χ3v) is 12.7. The third-order valence-electron chi connectivity index (χ3n) is 12.7. The van der Waals surface area contributed by atoms with E-state index in [-0.39, 0.29) is 75.0 Å². The van der Waals surface area contributed by atoms with Gasteiger partial charge in [0.05, 0.1) is 47.6 Å². The van der Waals surface area contributed by atoms with E-state index in [1.165, 1.54) is 31.1 Å². The lowest BCUT2D eigenvalue weighted by Crippen LogP contribution is -2.58. The number of alkyl halides is 3. The number of carbonyl (C=O) groups excluding carboxylic acids is 8. The Morgan fingerprint density at radius 3 is 2.00 bits per heavy atom. The van der Waals surface area contributed by atoms with E-state index in [1.54, 1.807) is 39.8 Å². The number of nitro benzene ring substituents is 2. The van der Waals surface area contributed by atoms with Crippen LogP contribution in [-0.2, 0) is 49.6 Å². The van der Waals surface area contributed by atoms with Crippen LogP contribution in [0.5, 0.6) is 5.75 Å². The molecule has 0 saturated carbocycles. The molecule has 0 aliphatic carbocycles. The molecular weight excluding hydrogens is 1140 g/mol. The molecule has 4 rings (SSSR count). The normalized spacial score (nSPS) is 15.1. The predicted molar refractivity (Wildman–Crippen MR) is 294 cm³/mol. The Balaban J connectivity index is 0.00000253. The number of nitrogens with two attached hydrogens (primary N) is 4. The van der Waals surface area contributed by atoms with Gasteiger partial charge in [0, 0.05) is 36.7 Å². The first-order valence-corrected chi connectivity index (χ1v) is 26.2. The monoisotopic (exact) mass is 1210 g/mol. The molecule has 466 valence electrons. The summed E-state index contributed by atoms with van der Waals surface area (Å²) in [7, 11) is 1.45. The highest BCUT2D eigenvalue weighted by molar-refractivity contribution is 5.96. The number of aliphatic carboxylic acids is 1. The van der Waals surface area contributed by atoms with Gasteiger partial charge < -0.3 is 74.0 Å². The highest BCUT2D eigenvalue weighted by atomic mass is 19.4. The maximum atomic E-state index is 14.2. The van der Waals surface area contributed by atoms with Gasteiger partial charge in [-0.15, -0.1) is 0 Å². The number of ether oxygens (including phenoxy) is 1. The maximum Gasteiger partial charge on any atom is 0.490 e. The van der Waals surface area contributed by atoms with E-state index in [9.17, 15) is 76.6 Å². The number of benzene rings is 2. The van der Waals surface area contributed by atoms with Crippen LogP contribution in [0.15, 0.2) is 56.7 Å². The van der Waals surface area contributed by atoms with Crippen LogP contribution in [0.4, 0.5) is 24.5 Å². The van der Waals surface area contributed by atoms with Gasteiger partial charge in [0.1, 0.15) is 47.6 Å². The summed E-state index contributed by atoms with van der Waals surface area (Å²) in [5.74, 6) is -9.78. The first-order valence-electron chi connectivity index (χ1n) is 26.2. The van der Waals surface area contributed by atoms with Crippen molar-refractivity contribution in [1.29, 1.82) is 0 Å². The summed E-state index contributed by atoms with van der Waals surface area (Å²) < 4.78 is 42.3. The van der Waals surface area contributed by atoms with Crippen molar-refractivity contribution in [3.8, 4) is 5.75 Å². The van der Waals surface area contributed by atoms with Crippen LogP contribution < -0.4 is 65.2 Å². The second-order valence-corrected chi connectivity index (χ2v) is 20.2. The molecule has 2 heterocycles. The van der Waals surface area contributed by atoms with E-state index in [0.29, 0.717) is 29.2 Å². The SMILES string of the molecule is COc1ccc2c(CC(=O)N3CCC[C@@H]3C(=O)N[C@H](CC(C)C)C(=O)NCC(=O)N[C@H](CC(C)C)C(=O)NC(c3ccc([N+](=O)[O-])cc3[N+](=O)[O-])[C@H](N)C(=O)N[C@@H](C)C(=O)N[C@@H](CCCN=C(N)N)C(N)=O)cc(=O)oc2c1.O=C(O)C(F)(F)F. The summed E-state index contributed by atoms with van der Waals surface area (Å²) in [6.45, 7) is 7.81. The maximum absolute atomic E-state index is 14.2. The molecule has 1 aromatic heterocycles. The predicted octanol–water partition coefficient (Wildman–Crippen LogP) is -0.324. The number of nitrogens with zero attached hydrogens (tertiary/aromatic N) is 4. The second-order valence-electron chi connectivity index (χ2n) is 20.2. The minimum Gasteiger partial charge on any atom is -0.497 e. The molecule has 0 spiro atoms. The van der Waals surface area contributed by atoms with E-state index < -0.39 is 141 Å². The van der Waals surface area contributed by atoms with Gasteiger partial charge in [-0.05, 0) is 81.0 Å². The van der Waals surface area contributed by atoms with Gasteiger partial charge in [-0.2, -0.15) is 13.2 Å². The average Bonchev–Trinajstić information content (AvgIpc) is 3.97. The minimum atomic E-state index is -5.08. The topological polar surface area (TPSA) is 491 Å². The van der Waals surface area contributed by atoms with E-state index in [2.05, 4.69) is 36.9 Å². The number of likely N-dealkylation sites (tertiary alicyclic amines) is 1. The first kappa shape index (κ1) is 69.8. The van der Waals surface area contributed by atoms with Crippen molar-refractivity contribution >= 4 is 81.5 Å². The molecule has 0 bridgehead atoms. The van der Waals surface area contributed by atoms with Crippen LogP contribution >= 0.6 is 0 Å². The lowest BCUT2D eigenvalue weighted by atomic mass is 9.95. The van der Waals surface area contributed by atoms with Gasteiger partial charge in [0.15, 0.2) is 5.96 Å². The van der Waals surface area contributed by atoms with Crippen LogP contribution in [0.3, 0.4) is 0 Å². The molecule has 7 atom stereocenters. The van der Waals surface area contributed by atoms with Crippen molar-refractivity contribution in [1.82, 2.24) is 36.8 Å². The standard InChI is InChI=1S/C49H68N14O15.C2HF3O2/c1-24(2)17-33(59-47(71)35-10-8-16-61(35)39(65)19-27-20-40(66)78-37-22-29(77-6)12-14-30(27)37)45(69)55-23-38(64)57-34(18-25(3)4)46(70)60-42(31-13-11-28(62(73)74)21-36(31)63(75)76)41(50)48(72)56-26(5)44(68)58-32(43(51)67)9-7-15-54-49(52)53;3-2(4,5)1(6)7/h11-14,20-22,24-26,32-35,41-42H,7-10,15-19,23,50H2,1-6H3,(H2,51,67)(H,55,69)(H,56,72)(H,57,64)(H,58,68)(H,59,71)(H,60,70)(H4,52,53,54);(H,6,7)/t26-,32-,33+,34+,35+,41-,42?;/m0./s1. The van der Waals surface area contributed by atoms with Crippen molar-refractivity contribution in [2.24, 2.45) is 39.8 Å². The highest BCUT2D eigenvalue weighted by Gasteiger charge is 2.40. The highest BCUT2D eigenvalue weighted by Crippen LogP contribution is 2.32. The molecule has 1 saturated heterocycles. The number of fused-ring (bicyclic) bond motifs is 1. The van der Waals surface area contributed by atoms with Crippen LogP contribution in [0, 0.1) is 32.1 Å². The molecule has 85 heavy (non-hydrogen) atoms. The number of carboxylic acids is 1. The van der Waals surface area contributed by atoms with E-state index in [1.807, 2.05) is 0 Å². The van der Waals surface area contributed by atoms with Crippen molar-refractivity contribution < 1.29 is 80.4 Å². The zero-order valence-corrected chi connectivity index (χ0v) is 47.0. The van der Waals surface area contributed by atoms with Crippen molar-refractivity contribution in [2.45, 2.75) is 128 Å². The molecular formula is C51H69F3N14O17. The fourth-order valence-corrected chi connectivity index (χ4v) is 8.59. The van der Waals surface area contributed by atoms with E-state index in [4.69, 9.17) is 42.0 Å². The molecule has 2 aromatic carbocycles. The van der Waals surface area contributed by atoms with E-state index in [0.717, 1.165) is 12.1 Å². The van der Waals surface area contributed by atoms with Gasteiger partial charge >= 0.3 is 17.8 Å². The van der Waals surface area contributed by atoms with Gasteiger partial charge in [0.25, 0.3) is 11.4 Å². The summed E-state index contributed by atoms with van der Waals surface area (Å²) in [6.07, 6.45) is -4.31. The number of methoxy groups -OCH3 is 1. The number of nitrogens with one attached hydrogen (secondary N) is 6.